The molecule has 0 atom stereocenters. The number of oxazole rings is 1. The number of aromatic nitrogens is 1. The van der Waals surface area contributed by atoms with E-state index in [-0.39, 0.29) is 5.91 Å². The average Bonchev–Trinajstić information content (AvgIpc) is 3.13. The number of para-hydroxylation sites is 2. The lowest BCUT2D eigenvalue weighted by Gasteiger charge is -2.25. The number of hydrogen-bond acceptors (Lipinski definition) is 4. The molecule has 30 heavy (non-hydrogen) atoms. The van der Waals surface area contributed by atoms with Gasteiger partial charge in [-0.2, -0.15) is 0 Å². The summed E-state index contributed by atoms with van der Waals surface area (Å²) in [5, 5.41) is 3.51. The van der Waals surface area contributed by atoms with E-state index < -0.39 is 5.60 Å². The van der Waals surface area contributed by atoms with Crippen LogP contribution >= 0.6 is 11.6 Å². The summed E-state index contributed by atoms with van der Waals surface area (Å²) in [5.41, 5.74) is 2.30. The van der Waals surface area contributed by atoms with Crippen LogP contribution in [-0.2, 0) is 11.2 Å². The minimum atomic E-state index is -1.05. The van der Waals surface area contributed by atoms with Gasteiger partial charge in [0.1, 0.15) is 11.3 Å². The number of fused-ring (bicyclic) bond motifs is 1. The number of benzene rings is 3. The van der Waals surface area contributed by atoms with E-state index in [1.165, 1.54) is 0 Å². The lowest BCUT2D eigenvalue weighted by atomic mass is 10.1. The fourth-order valence-electron chi connectivity index (χ4n) is 3.00. The summed E-state index contributed by atoms with van der Waals surface area (Å²) in [5.74, 6) is 0.989. The molecule has 1 heterocycles. The first-order valence-electron chi connectivity index (χ1n) is 9.58. The molecule has 0 aliphatic carbocycles. The minimum absolute atomic E-state index is 0.246. The zero-order valence-corrected chi connectivity index (χ0v) is 17.4. The maximum Gasteiger partial charge on any atom is 0.267 e. The van der Waals surface area contributed by atoms with Crippen molar-refractivity contribution in [3.63, 3.8) is 0 Å². The van der Waals surface area contributed by atoms with E-state index in [1.807, 2.05) is 48.5 Å². The molecule has 0 saturated heterocycles. The van der Waals surface area contributed by atoms with Gasteiger partial charge in [0.15, 0.2) is 17.1 Å². The number of ether oxygens (including phenoxy) is 1. The Morgan fingerprint density at radius 1 is 1.03 bits per heavy atom. The summed E-state index contributed by atoms with van der Waals surface area (Å²) in [7, 11) is 0. The minimum Gasteiger partial charge on any atom is -0.478 e. The first-order valence-corrected chi connectivity index (χ1v) is 9.96. The highest BCUT2D eigenvalue weighted by Crippen LogP contribution is 2.23. The first-order chi connectivity index (χ1) is 14.4. The molecule has 0 aliphatic rings. The van der Waals surface area contributed by atoms with Crippen LogP contribution in [0.3, 0.4) is 0 Å². The van der Waals surface area contributed by atoms with Crippen molar-refractivity contribution < 1.29 is 13.9 Å². The zero-order chi connectivity index (χ0) is 21.1. The molecule has 0 unspecified atom stereocenters. The van der Waals surface area contributed by atoms with E-state index in [2.05, 4.69) is 10.3 Å². The average molecular weight is 421 g/mol. The van der Waals surface area contributed by atoms with E-state index in [0.717, 1.165) is 16.7 Å². The van der Waals surface area contributed by atoms with Crippen molar-refractivity contribution in [3.8, 4) is 5.75 Å². The Balaban J connectivity index is 1.39. The Morgan fingerprint density at radius 3 is 2.43 bits per heavy atom. The Kier molecular flexibility index (Phi) is 5.46. The number of carbonyl (C=O) groups excluding carboxylic acids is 1. The number of hydrogen-bond donors (Lipinski definition) is 1. The van der Waals surface area contributed by atoms with E-state index in [1.54, 1.807) is 38.1 Å². The maximum atomic E-state index is 12.7. The molecule has 3 aromatic carbocycles. The van der Waals surface area contributed by atoms with Crippen molar-refractivity contribution in [1.82, 2.24) is 4.98 Å². The van der Waals surface area contributed by atoms with Gasteiger partial charge in [-0.05, 0) is 67.9 Å². The van der Waals surface area contributed by atoms with Crippen LogP contribution in [-0.4, -0.2) is 16.5 Å². The van der Waals surface area contributed by atoms with Gasteiger partial charge >= 0.3 is 0 Å². The summed E-state index contributed by atoms with van der Waals surface area (Å²) in [6.07, 6.45) is 0.577. The Hall–Kier alpha value is -3.31. The number of halogens is 1. The van der Waals surface area contributed by atoms with Crippen LogP contribution < -0.4 is 10.1 Å². The molecule has 1 N–H and O–H groups in total. The molecular weight excluding hydrogens is 400 g/mol. The smallest absolute Gasteiger partial charge is 0.267 e. The van der Waals surface area contributed by atoms with Crippen molar-refractivity contribution >= 4 is 34.3 Å². The fraction of sp³-hybridized carbons (Fsp3) is 0.167. The second kappa shape index (κ2) is 8.20. The number of amides is 1. The lowest BCUT2D eigenvalue weighted by molar-refractivity contribution is -0.128. The van der Waals surface area contributed by atoms with Gasteiger partial charge < -0.3 is 14.5 Å². The molecule has 0 spiro atoms. The summed E-state index contributed by atoms with van der Waals surface area (Å²) < 4.78 is 11.6. The van der Waals surface area contributed by atoms with Gasteiger partial charge in [-0.15, -0.1) is 0 Å². The third-order valence-electron chi connectivity index (χ3n) is 4.64. The van der Waals surface area contributed by atoms with Crippen molar-refractivity contribution in [2.24, 2.45) is 0 Å². The van der Waals surface area contributed by atoms with Crippen LogP contribution in [0.15, 0.2) is 77.2 Å². The topological polar surface area (TPSA) is 64.4 Å². The van der Waals surface area contributed by atoms with Crippen LogP contribution in [0, 0.1) is 0 Å². The molecular formula is C24H21ClN2O3. The first kappa shape index (κ1) is 20.0. The highest BCUT2D eigenvalue weighted by Gasteiger charge is 2.30. The number of nitrogens with zero attached hydrogens (tertiary/aromatic N) is 1. The van der Waals surface area contributed by atoms with Gasteiger partial charge in [0, 0.05) is 17.1 Å². The maximum absolute atomic E-state index is 12.7. The molecule has 152 valence electrons. The van der Waals surface area contributed by atoms with Gasteiger partial charge in [0.2, 0.25) is 0 Å². The molecule has 0 bridgehead atoms. The van der Waals surface area contributed by atoms with Gasteiger partial charge in [0.25, 0.3) is 5.91 Å². The van der Waals surface area contributed by atoms with Gasteiger partial charge in [-0.3, -0.25) is 4.79 Å². The zero-order valence-electron chi connectivity index (χ0n) is 16.7. The second-order valence-electron chi connectivity index (χ2n) is 7.47. The summed E-state index contributed by atoms with van der Waals surface area (Å²) in [6, 6.07) is 22.2. The van der Waals surface area contributed by atoms with Crippen LogP contribution in [0.1, 0.15) is 25.3 Å². The Morgan fingerprint density at radius 2 is 1.73 bits per heavy atom. The molecule has 0 radical (unpaired) electrons. The SMILES string of the molecule is CC(C)(Oc1ccc(Cl)cc1)C(=O)Nc1ccc(Cc2nc3ccccc3o2)cc1. The molecule has 4 aromatic rings. The Labute approximate surface area is 179 Å². The molecule has 0 saturated carbocycles. The van der Waals surface area contributed by atoms with Gasteiger partial charge in [0.05, 0.1) is 0 Å². The number of nitrogens with one attached hydrogen (secondary N) is 1. The number of carbonyl (C=O) groups is 1. The third kappa shape index (κ3) is 4.63. The predicted molar refractivity (Wildman–Crippen MR) is 118 cm³/mol. The van der Waals surface area contributed by atoms with Gasteiger partial charge in [-0.25, -0.2) is 4.98 Å². The molecule has 0 fully saturated rings. The van der Waals surface area contributed by atoms with E-state index >= 15 is 0 Å². The van der Waals surface area contributed by atoms with Crippen molar-refractivity contribution in [1.29, 1.82) is 0 Å². The molecule has 5 nitrogen and oxygen atoms in total. The normalized spacial score (nSPS) is 11.4. The summed E-state index contributed by atoms with van der Waals surface area (Å²) in [4.78, 5) is 17.2. The van der Waals surface area contributed by atoms with Crippen molar-refractivity contribution in [2.75, 3.05) is 5.32 Å². The molecule has 0 aliphatic heterocycles. The quantitative estimate of drug-likeness (QED) is 0.423. The summed E-state index contributed by atoms with van der Waals surface area (Å²) >= 11 is 5.89. The van der Waals surface area contributed by atoms with Crippen LogP contribution in [0.4, 0.5) is 5.69 Å². The monoisotopic (exact) mass is 420 g/mol. The standard InChI is InChI=1S/C24H21ClN2O3/c1-24(2,30-19-13-9-17(25)10-14-19)23(28)26-18-11-7-16(8-12-18)15-22-27-20-5-3-4-6-21(20)29-22/h3-14H,15H2,1-2H3,(H,26,28). The van der Waals surface area contributed by atoms with Crippen molar-refractivity contribution in [3.05, 3.63) is 89.3 Å². The van der Waals surface area contributed by atoms with Crippen LogP contribution in [0.25, 0.3) is 11.1 Å². The highest BCUT2D eigenvalue weighted by molar-refractivity contribution is 6.30. The third-order valence-corrected chi connectivity index (χ3v) is 4.89. The molecule has 1 amide bonds. The largest absolute Gasteiger partial charge is 0.478 e. The van der Waals surface area contributed by atoms with Gasteiger partial charge in [-0.1, -0.05) is 35.9 Å². The van der Waals surface area contributed by atoms with Crippen LogP contribution in [0.5, 0.6) is 5.75 Å². The Bertz CT molecular complexity index is 1130. The van der Waals surface area contributed by atoms with Crippen molar-refractivity contribution in [2.45, 2.75) is 25.9 Å². The molecule has 1 aromatic heterocycles. The van der Waals surface area contributed by atoms with Crippen LogP contribution in [0.2, 0.25) is 5.02 Å². The number of anilines is 1. The summed E-state index contributed by atoms with van der Waals surface area (Å²) in [6.45, 7) is 3.44. The van der Waals surface area contributed by atoms with E-state index in [4.69, 9.17) is 20.8 Å². The molecule has 6 heteroatoms. The van der Waals surface area contributed by atoms with E-state index in [0.29, 0.717) is 28.8 Å². The number of rotatable bonds is 6. The highest BCUT2D eigenvalue weighted by atomic mass is 35.5. The molecule has 4 rings (SSSR count). The fourth-order valence-corrected chi connectivity index (χ4v) is 3.13. The lowest BCUT2D eigenvalue weighted by Crippen LogP contribution is -2.42. The predicted octanol–water partition coefficient (Wildman–Crippen LogP) is 5.87. The second-order valence-corrected chi connectivity index (χ2v) is 7.91. The van der Waals surface area contributed by atoms with E-state index in [9.17, 15) is 4.79 Å².